The SMILES string of the molecule is CN=C(NCc1cccnc1N1CCOCC1)N1CCC(N2CCOCC2)C1.I. The number of pyridine rings is 1. The molecule has 1 N–H and O–H groups in total. The van der Waals surface area contributed by atoms with E-state index in [0.29, 0.717) is 6.04 Å². The highest BCUT2D eigenvalue weighted by molar-refractivity contribution is 14.0. The first-order valence-corrected chi connectivity index (χ1v) is 10.4. The van der Waals surface area contributed by atoms with Crippen LogP contribution in [0.1, 0.15) is 12.0 Å². The molecule has 1 atom stereocenters. The summed E-state index contributed by atoms with van der Waals surface area (Å²) in [6.07, 6.45) is 3.06. The largest absolute Gasteiger partial charge is 0.379 e. The maximum Gasteiger partial charge on any atom is 0.193 e. The normalized spacial score (nSPS) is 23.8. The average Bonchev–Trinajstić information content (AvgIpc) is 3.26. The van der Waals surface area contributed by atoms with E-state index in [9.17, 15) is 0 Å². The minimum Gasteiger partial charge on any atom is -0.379 e. The molecule has 4 rings (SSSR count). The Morgan fingerprint density at radius 3 is 2.59 bits per heavy atom. The highest BCUT2D eigenvalue weighted by Crippen LogP contribution is 2.20. The molecule has 3 aliphatic heterocycles. The molecular formula is C20H33IN6O2. The summed E-state index contributed by atoms with van der Waals surface area (Å²) in [4.78, 5) is 16.4. The number of anilines is 1. The zero-order valence-corrected chi connectivity index (χ0v) is 19.6. The molecule has 4 heterocycles. The van der Waals surface area contributed by atoms with Gasteiger partial charge in [-0.05, 0) is 12.5 Å². The predicted octanol–water partition coefficient (Wildman–Crippen LogP) is 1.02. The van der Waals surface area contributed by atoms with Crippen LogP contribution in [0.3, 0.4) is 0 Å². The summed E-state index contributed by atoms with van der Waals surface area (Å²) < 4.78 is 11.0. The van der Waals surface area contributed by atoms with Crippen molar-refractivity contribution in [2.24, 2.45) is 4.99 Å². The van der Waals surface area contributed by atoms with Crippen molar-refractivity contribution in [1.29, 1.82) is 0 Å². The zero-order chi connectivity index (χ0) is 19.2. The van der Waals surface area contributed by atoms with Crippen molar-refractivity contribution >= 4 is 35.8 Å². The van der Waals surface area contributed by atoms with E-state index in [0.717, 1.165) is 84.0 Å². The number of hydrogen-bond donors (Lipinski definition) is 1. The average molecular weight is 516 g/mol. The number of nitrogens with zero attached hydrogens (tertiary/aromatic N) is 5. The van der Waals surface area contributed by atoms with Gasteiger partial charge < -0.3 is 24.6 Å². The molecule has 1 unspecified atom stereocenters. The molecule has 9 heteroatoms. The van der Waals surface area contributed by atoms with Crippen molar-refractivity contribution in [3.05, 3.63) is 23.9 Å². The lowest BCUT2D eigenvalue weighted by atomic mass is 10.2. The monoisotopic (exact) mass is 516 g/mol. The summed E-state index contributed by atoms with van der Waals surface area (Å²) in [5.41, 5.74) is 1.20. The molecular weight excluding hydrogens is 483 g/mol. The number of aliphatic imine (C=N–C) groups is 1. The third-order valence-electron chi connectivity index (χ3n) is 5.85. The summed E-state index contributed by atoms with van der Waals surface area (Å²) in [6, 6.07) is 4.76. The third kappa shape index (κ3) is 5.71. The molecule has 3 saturated heterocycles. The van der Waals surface area contributed by atoms with E-state index in [2.05, 4.69) is 36.1 Å². The molecule has 0 radical (unpaired) electrons. The molecule has 0 aromatic carbocycles. The number of likely N-dealkylation sites (tertiary alicyclic amines) is 1. The van der Waals surface area contributed by atoms with Crippen molar-refractivity contribution in [1.82, 2.24) is 20.1 Å². The summed E-state index contributed by atoms with van der Waals surface area (Å²) >= 11 is 0. The van der Waals surface area contributed by atoms with Crippen LogP contribution in [0.5, 0.6) is 0 Å². The fraction of sp³-hybridized carbons (Fsp3) is 0.700. The van der Waals surface area contributed by atoms with Gasteiger partial charge in [-0.25, -0.2) is 4.98 Å². The molecule has 3 aliphatic rings. The highest BCUT2D eigenvalue weighted by Gasteiger charge is 2.30. The summed E-state index contributed by atoms with van der Waals surface area (Å²) in [5.74, 6) is 2.04. The standard InChI is InChI=1S/C20H32N6O2.HI/c1-21-20(26-6-4-18(16-26)24-7-11-27-12-8-24)23-15-17-3-2-5-22-19(17)25-9-13-28-14-10-25;/h2-3,5,18H,4,6-16H2,1H3,(H,21,23);1H. The van der Waals surface area contributed by atoms with E-state index >= 15 is 0 Å². The number of rotatable bonds is 4. The van der Waals surface area contributed by atoms with Gasteiger partial charge in [0.05, 0.1) is 26.4 Å². The van der Waals surface area contributed by atoms with Crippen LogP contribution in [0.4, 0.5) is 5.82 Å². The molecule has 0 amide bonds. The molecule has 3 fully saturated rings. The van der Waals surface area contributed by atoms with Crippen LogP contribution in [-0.4, -0.2) is 99.5 Å². The molecule has 1 aromatic rings. The second-order valence-corrected chi connectivity index (χ2v) is 7.52. The van der Waals surface area contributed by atoms with Gasteiger partial charge in [-0.15, -0.1) is 24.0 Å². The Labute approximate surface area is 190 Å². The van der Waals surface area contributed by atoms with Gasteiger partial charge in [0.2, 0.25) is 0 Å². The Balaban J connectivity index is 0.00000240. The molecule has 0 saturated carbocycles. The van der Waals surface area contributed by atoms with Crippen molar-refractivity contribution in [3.8, 4) is 0 Å². The number of morpholine rings is 2. The van der Waals surface area contributed by atoms with E-state index < -0.39 is 0 Å². The summed E-state index contributed by atoms with van der Waals surface area (Å²) in [5, 5.41) is 3.57. The van der Waals surface area contributed by atoms with Gasteiger partial charge in [0.1, 0.15) is 5.82 Å². The molecule has 0 bridgehead atoms. The first-order valence-electron chi connectivity index (χ1n) is 10.4. The number of nitrogens with one attached hydrogen (secondary N) is 1. The predicted molar refractivity (Wildman–Crippen MR) is 125 cm³/mol. The zero-order valence-electron chi connectivity index (χ0n) is 17.3. The maximum absolute atomic E-state index is 5.49. The van der Waals surface area contributed by atoms with Crippen LogP contribution in [0, 0.1) is 0 Å². The van der Waals surface area contributed by atoms with Gasteiger partial charge >= 0.3 is 0 Å². The highest BCUT2D eigenvalue weighted by atomic mass is 127. The third-order valence-corrected chi connectivity index (χ3v) is 5.85. The molecule has 0 aliphatic carbocycles. The van der Waals surface area contributed by atoms with Gasteiger partial charge in [-0.3, -0.25) is 9.89 Å². The first kappa shape index (κ1) is 22.5. The fourth-order valence-electron chi connectivity index (χ4n) is 4.31. The van der Waals surface area contributed by atoms with Crippen molar-refractivity contribution in [2.45, 2.75) is 19.0 Å². The summed E-state index contributed by atoms with van der Waals surface area (Å²) in [7, 11) is 1.87. The molecule has 8 nitrogen and oxygen atoms in total. The molecule has 1 aromatic heterocycles. The van der Waals surface area contributed by atoms with E-state index in [-0.39, 0.29) is 24.0 Å². The molecule has 162 valence electrons. The Kier molecular flexibility index (Phi) is 8.76. The Bertz CT molecular complexity index is 664. The maximum atomic E-state index is 5.49. The Morgan fingerprint density at radius 1 is 1.14 bits per heavy atom. The topological polar surface area (TPSA) is 65.5 Å². The van der Waals surface area contributed by atoms with E-state index in [1.54, 1.807) is 0 Å². The Hall–Kier alpha value is -1.17. The van der Waals surface area contributed by atoms with Crippen LogP contribution in [-0.2, 0) is 16.0 Å². The van der Waals surface area contributed by atoms with Gasteiger partial charge in [0.15, 0.2) is 5.96 Å². The van der Waals surface area contributed by atoms with Crippen LogP contribution in [0.2, 0.25) is 0 Å². The van der Waals surface area contributed by atoms with Crippen LogP contribution in [0.15, 0.2) is 23.3 Å². The van der Waals surface area contributed by atoms with Crippen molar-refractivity contribution in [2.75, 3.05) is 77.6 Å². The lowest BCUT2D eigenvalue weighted by molar-refractivity contribution is 0.0195. The fourth-order valence-corrected chi connectivity index (χ4v) is 4.31. The van der Waals surface area contributed by atoms with Crippen LogP contribution in [0.25, 0.3) is 0 Å². The van der Waals surface area contributed by atoms with Crippen molar-refractivity contribution < 1.29 is 9.47 Å². The lowest BCUT2D eigenvalue weighted by Gasteiger charge is -2.32. The van der Waals surface area contributed by atoms with Crippen LogP contribution < -0.4 is 10.2 Å². The van der Waals surface area contributed by atoms with Crippen LogP contribution >= 0.6 is 24.0 Å². The summed E-state index contributed by atoms with van der Waals surface area (Å²) in [6.45, 7) is 9.93. The lowest BCUT2D eigenvalue weighted by Crippen LogP contribution is -2.46. The Morgan fingerprint density at radius 2 is 1.86 bits per heavy atom. The van der Waals surface area contributed by atoms with Gasteiger partial charge in [0, 0.05) is 70.7 Å². The minimum absolute atomic E-state index is 0. The number of aromatic nitrogens is 1. The number of guanidine groups is 1. The van der Waals surface area contributed by atoms with Gasteiger partial charge in [-0.2, -0.15) is 0 Å². The molecule has 0 spiro atoms. The first-order chi connectivity index (χ1) is 13.8. The van der Waals surface area contributed by atoms with Crippen molar-refractivity contribution in [3.63, 3.8) is 0 Å². The van der Waals surface area contributed by atoms with Gasteiger partial charge in [-0.1, -0.05) is 6.07 Å². The number of halogens is 1. The van der Waals surface area contributed by atoms with Gasteiger partial charge in [0.25, 0.3) is 0 Å². The second-order valence-electron chi connectivity index (χ2n) is 7.52. The quantitative estimate of drug-likeness (QED) is 0.364. The smallest absolute Gasteiger partial charge is 0.193 e. The second kappa shape index (κ2) is 11.3. The number of hydrogen-bond acceptors (Lipinski definition) is 6. The van der Waals surface area contributed by atoms with E-state index in [1.165, 1.54) is 12.0 Å². The minimum atomic E-state index is 0. The van der Waals surface area contributed by atoms with E-state index in [1.807, 2.05) is 19.3 Å². The molecule has 29 heavy (non-hydrogen) atoms. The van der Waals surface area contributed by atoms with E-state index in [4.69, 9.17) is 9.47 Å². The number of ether oxygens (including phenoxy) is 2.